The van der Waals surface area contributed by atoms with Crippen molar-refractivity contribution >= 4 is 29.3 Å². The Hall–Kier alpha value is -1.59. The first kappa shape index (κ1) is 14.8. The van der Waals surface area contributed by atoms with Gasteiger partial charge in [0.05, 0.1) is 17.1 Å². The number of thioether (sulfide) groups is 1. The molecule has 1 aromatic heterocycles. The van der Waals surface area contributed by atoms with Gasteiger partial charge >= 0.3 is 5.97 Å². The van der Waals surface area contributed by atoms with E-state index in [0.717, 1.165) is 4.90 Å². The van der Waals surface area contributed by atoms with Gasteiger partial charge in [0.1, 0.15) is 11.4 Å². The van der Waals surface area contributed by atoms with E-state index in [4.69, 9.17) is 16.7 Å². The SMILES string of the molecule is Cc1nc(CSc2cccc(Cl)c2)nc(C)c1C(=O)O. The van der Waals surface area contributed by atoms with Crippen LogP contribution in [0.4, 0.5) is 0 Å². The van der Waals surface area contributed by atoms with Crippen molar-refractivity contribution in [2.45, 2.75) is 24.5 Å². The van der Waals surface area contributed by atoms with Crippen LogP contribution in [0.1, 0.15) is 27.6 Å². The number of aromatic carboxylic acids is 1. The summed E-state index contributed by atoms with van der Waals surface area (Å²) >= 11 is 7.49. The van der Waals surface area contributed by atoms with Crippen LogP contribution in [0, 0.1) is 13.8 Å². The van der Waals surface area contributed by atoms with E-state index in [9.17, 15) is 4.79 Å². The summed E-state index contributed by atoms with van der Waals surface area (Å²) in [4.78, 5) is 20.6. The molecule has 0 fully saturated rings. The molecule has 0 aliphatic carbocycles. The smallest absolute Gasteiger partial charge is 0.339 e. The first-order valence-corrected chi connectivity index (χ1v) is 7.29. The third-order valence-corrected chi connectivity index (χ3v) is 3.92. The van der Waals surface area contributed by atoms with Crippen molar-refractivity contribution in [3.63, 3.8) is 0 Å². The largest absolute Gasteiger partial charge is 0.478 e. The lowest BCUT2D eigenvalue weighted by Crippen LogP contribution is -2.09. The molecule has 0 bridgehead atoms. The van der Waals surface area contributed by atoms with Crippen LogP contribution < -0.4 is 0 Å². The minimum absolute atomic E-state index is 0.182. The number of aryl methyl sites for hydroxylation is 2. The van der Waals surface area contributed by atoms with Crippen molar-refractivity contribution in [3.8, 4) is 0 Å². The van der Waals surface area contributed by atoms with E-state index < -0.39 is 5.97 Å². The van der Waals surface area contributed by atoms with Crippen LogP contribution in [0.2, 0.25) is 5.02 Å². The molecule has 104 valence electrons. The molecule has 0 saturated carbocycles. The Morgan fingerprint density at radius 2 is 1.95 bits per heavy atom. The van der Waals surface area contributed by atoms with Crippen LogP contribution in [0.5, 0.6) is 0 Å². The molecule has 6 heteroatoms. The second kappa shape index (κ2) is 6.24. The fraction of sp³-hybridized carbons (Fsp3) is 0.214. The lowest BCUT2D eigenvalue weighted by atomic mass is 10.2. The van der Waals surface area contributed by atoms with Gasteiger partial charge in [-0.3, -0.25) is 0 Å². The van der Waals surface area contributed by atoms with Gasteiger partial charge in [0.25, 0.3) is 0 Å². The zero-order chi connectivity index (χ0) is 14.7. The Bertz CT molecular complexity index is 638. The summed E-state index contributed by atoms with van der Waals surface area (Å²) in [6.45, 7) is 3.37. The molecule has 1 N–H and O–H groups in total. The number of carbonyl (C=O) groups is 1. The first-order valence-electron chi connectivity index (χ1n) is 5.93. The maximum atomic E-state index is 11.1. The molecule has 20 heavy (non-hydrogen) atoms. The molecular weight excluding hydrogens is 296 g/mol. The lowest BCUT2D eigenvalue weighted by molar-refractivity contribution is 0.0694. The average Bonchev–Trinajstić information content (AvgIpc) is 2.35. The molecule has 0 spiro atoms. The number of rotatable bonds is 4. The van der Waals surface area contributed by atoms with E-state index in [1.54, 1.807) is 25.6 Å². The van der Waals surface area contributed by atoms with Crippen molar-refractivity contribution in [2.75, 3.05) is 0 Å². The molecule has 0 unspecified atom stereocenters. The highest BCUT2D eigenvalue weighted by molar-refractivity contribution is 7.98. The molecule has 0 aliphatic rings. The monoisotopic (exact) mass is 308 g/mol. The van der Waals surface area contributed by atoms with Crippen molar-refractivity contribution < 1.29 is 9.90 Å². The minimum atomic E-state index is -0.992. The molecule has 2 aromatic rings. The Morgan fingerprint density at radius 1 is 1.30 bits per heavy atom. The summed E-state index contributed by atoms with van der Waals surface area (Å²) in [5, 5.41) is 9.76. The van der Waals surface area contributed by atoms with Gasteiger partial charge in [-0.2, -0.15) is 0 Å². The van der Waals surface area contributed by atoms with E-state index in [-0.39, 0.29) is 5.56 Å². The van der Waals surface area contributed by atoms with E-state index in [1.807, 2.05) is 24.3 Å². The molecule has 0 saturated heterocycles. The average molecular weight is 309 g/mol. The van der Waals surface area contributed by atoms with Gasteiger partial charge in [0.2, 0.25) is 0 Å². The molecule has 1 heterocycles. The molecule has 2 rings (SSSR count). The van der Waals surface area contributed by atoms with Crippen LogP contribution in [0.3, 0.4) is 0 Å². The summed E-state index contributed by atoms with van der Waals surface area (Å²) in [6, 6.07) is 7.53. The predicted octanol–water partition coefficient (Wildman–Crippen LogP) is 3.74. The highest BCUT2D eigenvalue weighted by Gasteiger charge is 2.14. The predicted molar refractivity (Wildman–Crippen MR) is 79.5 cm³/mol. The number of aromatic nitrogens is 2. The third-order valence-electron chi connectivity index (χ3n) is 2.70. The molecular formula is C14H13ClN2O2S. The van der Waals surface area contributed by atoms with E-state index in [0.29, 0.717) is 28.0 Å². The number of benzene rings is 1. The van der Waals surface area contributed by atoms with Crippen LogP contribution in [0.25, 0.3) is 0 Å². The Labute approximate surface area is 126 Å². The normalized spacial score (nSPS) is 10.6. The van der Waals surface area contributed by atoms with Gasteiger partial charge in [-0.15, -0.1) is 11.8 Å². The Kier molecular flexibility index (Phi) is 4.62. The second-order valence-electron chi connectivity index (χ2n) is 4.24. The zero-order valence-corrected chi connectivity index (χ0v) is 12.6. The Morgan fingerprint density at radius 3 is 2.50 bits per heavy atom. The van der Waals surface area contributed by atoms with Crippen LogP contribution in [-0.2, 0) is 5.75 Å². The van der Waals surface area contributed by atoms with Gasteiger partial charge in [0.15, 0.2) is 0 Å². The number of hydrogen-bond donors (Lipinski definition) is 1. The van der Waals surface area contributed by atoms with E-state index >= 15 is 0 Å². The number of hydrogen-bond acceptors (Lipinski definition) is 4. The van der Waals surface area contributed by atoms with Gasteiger partial charge in [0, 0.05) is 9.92 Å². The number of carboxylic acid groups (broad SMARTS) is 1. The number of nitrogens with zero attached hydrogens (tertiary/aromatic N) is 2. The molecule has 0 aliphatic heterocycles. The van der Waals surface area contributed by atoms with Crippen LogP contribution >= 0.6 is 23.4 Å². The zero-order valence-electron chi connectivity index (χ0n) is 11.1. The van der Waals surface area contributed by atoms with Gasteiger partial charge in [-0.25, -0.2) is 14.8 Å². The number of carboxylic acids is 1. The maximum absolute atomic E-state index is 11.1. The minimum Gasteiger partial charge on any atom is -0.478 e. The molecule has 4 nitrogen and oxygen atoms in total. The summed E-state index contributed by atoms with van der Waals surface area (Å²) in [5.41, 5.74) is 1.17. The van der Waals surface area contributed by atoms with Crippen molar-refractivity contribution in [3.05, 3.63) is 52.1 Å². The van der Waals surface area contributed by atoms with Crippen LogP contribution in [0.15, 0.2) is 29.2 Å². The van der Waals surface area contributed by atoms with Gasteiger partial charge in [-0.1, -0.05) is 17.7 Å². The third kappa shape index (κ3) is 3.49. The molecule has 0 atom stereocenters. The summed E-state index contributed by atoms with van der Waals surface area (Å²) in [7, 11) is 0. The summed E-state index contributed by atoms with van der Waals surface area (Å²) in [6.07, 6.45) is 0. The number of halogens is 1. The standard InChI is InChI=1S/C14H13ClN2O2S/c1-8-13(14(18)19)9(2)17-12(16-8)7-20-11-5-3-4-10(15)6-11/h3-6H,7H2,1-2H3,(H,18,19). The van der Waals surface area contributed by atoms with E-state index in [1.165, 1.54) is 0 Å². The topological polar surface area (TPSA) is 63.1 Å². The summed E-state index contributed by atoms with van der Waals surface area (Å²) < 4.78 is 0. The molecule has 1 aromatic carbocycles. The summed E-state index contributed by atoms with van der Waals surface area (Å²) in [5.74, 6) is 0.200. The fourth-order valence-corrected chi connectivity index (χ4v) is 2.93. The quantitative estimate of drug-likeness (QED) is 0.872. The molecule has 0 radical (unpaired) electrons. The maximum Gasteiger partial charge on any atom is 0.339 e. The van der Waals surface area contributed by atoms with Crippen molar-refractivity contribution in [1.29, 1.82) is 0 Å². The lowest BCUT2D eigenvalue weighted by Gasteiger charge is -2.07. The molecule has 0 amide bonds. The highest BCUT2D eigenvalue weighted by Crippen LogP contribution is 2.24. The van der Waals surface area contributed by atoms with Crippen LogP contribution in [-0.4, -0.2) is 21.0 Å². The van der Waals surface area contributed by atoms with Gasteiger partial charge < -0.3 is 5.11 Å². The Balaban J connectivity index is 2.17. The first-order chi connectivity index (χ1) is 9.47. The second-order valence-corrected chi connectivity index (χ2v) is 5.72. The van der Waals surface area contributed by atoms with E-state index in [2.05, 4.69) is 9.97 Å². The fourth-order valence-electron chi connectivity index (χ4n) is 1.86. The van der Waals surface area contributed by atoms with Crippen molar-refractivity contribution in [1.82, 2.24) is 9.97 Å². The highest BCUT2D eigenvalue weighted by atomic mass is 35.5. The van der Waals surface area contributed by atoms with Crippen molar-refractivity contribution in [2.24, 2.45) is 0 Å². The van der Waals surface area contributed by atoms with Gasteiger partial charge in [-0.05, 0) is 32.0 Å².